The smallest absolute Gasteiger partial charge is 0.146 e. The lowest BCUT2D eigenvalue weighted by atomic mass is 10.1. The first-order valence-electron chi connectivity index (χ1n) is 5.83. The first kappa shape index (κ1) is 12.7. The molecule has 0 bridgehead atoms. The van der Waals surface area contributed by atoms with Crippen molar-refractivity contribution in [3.63, 3.8) is 0 Å². The molecule has 6 heteroatoms. The lowest BCUT2D eigenvalue weighted by Gasteiger charge is -2.33. The molecule has 0 aliphatic carbocycles. The standard InChI is InChI=1S/C11H17BrN4O/c12-10-7-14-8-15-11(10)16-4-1-9(2-5-16)17-6-3-13/h7-9H,1-6,13H2. The van der Waals surface area contributed by atoms with Crippen molar-refractivity contribution in [2.75, 3.05) is 31.1 Å². The van der Waals surface area contributed by atoms with Crippen molar-refractivity contribution >= 4 is 21.7 Å². The summed E-state index contributed by atoms with van der Waals surface area (Å²) in [6.45, 7) is 3.18. The molecular weight excluding hydrogens is 284 g/mol. The second-order valence-electron chi connectivity index (χ2n) is 4.04. The zero-order chi connectivity index (χ0) is 12.1. The van der Waals surface area contributed by atoms with Crippen LogP contribution in [0.15, 0.2) is 17.0 Å². The van der Waals surface area contributed by atoms with Gasteiger partial charge in [-0.3, -0.25) is 0 Å². The molecule has 1 fully saturated rings. The van der Waals surface area contributed by atoms with Gasteiger partial charge in [-0.15, -0.1) is 0 Å². The quantitative estimate of drug-likeness (QED) is 0.905. The third-order valence-corrected chi connectivity index (χ3v) is 3.42. The maximum atomic E-state index is 5.65. The molecule has 0 radical (unpaired) electrons. The zero-order valence-corrected chi connectivity index (χ0v) is 11.3. The molecule has 17 heavy (non-hydrogen) atoms. The third-order valence-electron chi connectivity index (χ3n) is 2.86. The average Bonchev–Trinajstić information content (AvgIpc) is 2.38. The van der Waals surface area contributed by atoms with Crippen molar-refractivity contribution < 1.29 is 4.74 Å². The molecule has 0 amide bonds. The molecule has 2 N–H and O–H groups in total. The second-order valence-corrected chi connectivity index (χ2v) is 4.89. The summed E-state index contributed by atoms with van der Waals surface area (Å²) in [5.74, 6) is 0.970. The Hall–Kier alpha value is -0.720. The normalized spacial score (nSPS) is 17.4. The highest BCUT2D eigenvalue weighted by atomic mass is 79.9. The zero-order valence-electron chi connectivity index (χ0n) is 9.68. The number of halogens is 1. The van der Waals surface area contributed by atoms with E-state index in [-0.39, 0.29) is 0 Å². The number of aromatic nitrogens is 2. The van der Waals surface area contributed by atoms with Crippen molar-refractivity contribution in [3.8, 4) is 0 Å². The Morgan fingerprint density at radius 2 is 2.24 bits per heavy atom. The Kier molecular flexibility index (Phi) is 4.70. The van der Waals surface area contributed by atoms with Gasteiger partial charge in [-0.1, -0.05) is 0 Å². The van der Waals surface area contributed by atoms with Crippen LogP contribution in [-0.4, -0.2) is 42.3 Å². The summed E-state index contributed by atoms with van der Waals surface area (Å²) in [5.41, 5.74) is 5.43. The fourth-order valence-electron chi connectivity index (χ4n) is 2.01. The van der Waals surface area contributed by atoms with Gasteiger partial charge >= 0.3 is 0 Å². The molecule has 1 saturated heterocycles. The van der Waals surface area contributed by atoms with E-state index >= 15 is 0 Å². The minimum Gasteiger partial charge on any atom is -0.377 e. The van der Waals surface area contributed by atoms with Gasteiger partial charge in [-0.05, 0) is 28.8 Å². The number of nitrogens with zero attached hydrogens (tertiary/aromatic N) is 3. The lowest BCUT2D eigenvalue weighted by molar-refractivity contribution is 0.0421. The number of ether oxygens (including phenoxy) is 1. The Bertz CT molecular complexity index is 355. The first-order chi connectivity index (χ1) is 8.31. The van der Waals surface area contributed by atoms with Gasteiger partial charge in [-0.2, -0.15) is 0 Å². The minimum atomic E-state index is 0.343. The van der Waals surface area contributed by atoms with Crippen molar-refractivity contribution in [2.24, 2.45) is 5.73 Å². The van der Waals surface area contributed by atoms with Crippen molar-refractivity contribution in [3.05, 3.63) is 17.0 Å². The highest BCUT2D eigenvalue weighted by Gasteiger charge is 2.21. The van der Waals surface area contributed by atoms with Crippen molar-refractivity contribution in [2.45, 2.75) is 18.9 Å². The van der Waals surface area contributed by atoms with E-state index in [2.05, 4.69) is 30.8 Å². The minimum absolute atomic E-state index is 0.343. The number of anilines is 1. The number of piperidine rings is 1. The third kappa shape index (κ3) is 3.37. The highest BCUT2D eigenvalue weighted by molar-refractivity contribution is 9.10. The van der Waals surface area contributed by atoms with E-state index in [9.17, 15) is 0 Å². The van der Waals surface area contributed by atoms with Crippen LogP contribution in [0.5, 0.6) is 0 Å². The SMILES string of the molecule is NCCOC1CCN(c2ncncc2Br)CC1. The van der Waals surface area contributed by atoms with Gasteiger partial charge < -0.3 is 15.4 Å². The summed E-state index contributed by atoms with van der Waals surface area (Å²) in [6.07, 6.45) is 5.75. The van der Waals surface area contributed by atoms with Crippen LogP contribution in [0, 0.1) is 0 Å². The van der Waals surface area contributed by atoms with E-state index in [1.165, 1.54) is 0 Å². The van der Waals surface area contributed by atoms with Crippen molar-refractivity contribution in [1.82, 2.24) is 9.97 Å². The summed E-state index contributed by atoms with van der Waals surface area (Å²) in [6, 6.07) is 0. The topological polar surface area (TPSA) is 64.3 Å². The molecule has 1 aromatic rings. The van der Waals surface area contributed by atoms with Gasteiger partial charge in [0.15, 0.2) is 0 Å². The summed E-state index contributed by atoms with van der Waals surface area (Å²) in [4.78, 5) is 10.5. The monoisotopic (exact) mass is 300 g/mol. The van der Waals surface area contributed by atoms with Crippen LogP contribution < -0.4 is 10.6 Å². The van der Waals surface area contributed by atoms with Crippen LogP contribution >= 0.6 is 15.9 Å². The number of nitrogens with two attached hydrogens (primary N) is 1. The van der Waals surface area contributed by atoms with Crippen LogP contribution in [0.25, 0.3) is 0 Å². The van der Waals surface area contributed by atoms with Crippen molar-refractivity contribution in [1.29, 1.82) is 0 Å². The average molecular weight is 301 g/mol. The number of hydrogen-bond donors (Lipinski definition) is 1. The summed E-state index contributed by atoms with van der Waals surface area (Å²) in [7, 11) is 0. The summed E-state index contributed by atoms with van der Waals surface area (Å²) < 4.78 is 6.60. The molecule has 0 aromatic carbocycles. The van der Waals surface area contributed by atoms with E-state index < -0.39 is 0 Å². The molecule has 1 aliphatic heterocycles. The molecule has 0 spiro atoms. The Labute approximate surface area is 110 Å². The molecule has 1 aliphatic rings. The van der Waals surface area contributed by atoms with E-state index in [0.717, 1.165) is 36.2 Å². The molecule has 94 valence electrons. The van der Waals surface area contributed by atoms with E-state index in [4.69, 9.17) is 10.5 Å². The van der Waals surface area contributed by atoms with Crippen LogP contribution in [0.1, 0.15) is 12.8 Å². The maximum absolute atomic E-state index is 5.65. The van der Waals surface area contributed by atoms with E-state index in [0.29, 0.717) is 19.3 Å². The molecule has 0 saturated carbocycles. The van der Waals surface area contributed by atoms with Gasteiger partial charge in [0, 0.05) is 25.8 Å². The summed E-state index contributed by atoms with van der Waals surface area (Å²) in [5, 5.41) is 0. The molecular formula is C11H17BrN4O. The predicted molar refractivity (Wildman–Crippen MR) is 70.0 cm³/mol. The molecule has 0 atom stereocenters. The fourth-order valence-corrected chi connectivity index (χ4v) is 2.48. The Morgan fingerprint density at radius 3 is 2.88 bits per heavy atom. The molecule has 0 unspecified atom stereocenters. The van der Waals surface area contributed by atoms with Gasteiger partial charge in [0.25, 0.3) is 0 Å². The van der Waals surface area contributed by atoms with Crippen LogP contribution in [-0.2, 0) is 4.74 Å². The molecule has 1 aromatic heterocycles. The first-order valence-corrected chi connectivity index (χ1v) is 6.62. The summed E-state index contributed by atoms with van der Waals surface area (Å²) >= 11 is 3.47. The Morgan fingerprint density at radius 1 is 1.47 bits per heavy atom. The lowest BCUT2D eigenvalue weighted by Crippen LogP contribution is -2.38. The largest absolute Gasteiger partial charge is 0.377 e. The Balaban J connectivity index is 1.89. The van der Waals surface area contributed by atoms with Gasteiger partial charge in [0.05, 0.1) is 17.2 Å². The number of rotatable bonds is 4. The van der Waals surface area contributed by atoms with Crippen LogP contribution in [0.4, 0.5) is 5.82 Å². The van der Waals surface area contributed by atoms with Gasteiger partial charge in [0.2, 0.25) is 0 Å². The molecule has 5 nitrogen and oxygen atoms in total. The van der Waals surface area contributed by atoms with E-state index in [1.807, 2.05) is 0 Å². The fraction of sp³-hybridized carbons (Fsp3) is 0.636. The van der Waals surface area contributed by atoms with Crippen LogP contribution in [0.3, 0.4) is 0 Å². The van der Waals surface area contributed by atoms with Gasteiger partial charge in [-0.25, -0.2) is 9.97 Å². The predicted octanol–water partition coefficient (Wildman–Crippen LogP) is 1.18. The number of hydrogen-bond acceptors (Lipinski definition) is 5. The van der Waals surface area contributed by atoms with Crippen LogP contribution in [0.2, 0.25) is 0 Å². The molecule has 2 heterocycles. The maximum Gasteiger partial charge on any atom is 0.146 e. The van der Waals surface area contributed by atoms with Gasteiger partial charge in [0.1, 0.15) is 12.1 Å². The van der Waals surface area contributed by atoms with E-state index in [1.54, 1.807) is 12.5 Å². The molecule has 2 rings (SSSR count). The second kappa shape index (κ2) is 6.28. The highest BCUT2D eigenvalue weighted by Crippen LogP contribution is 2.25.